The Labute approximate surface area is 128 Å². The monoisotopic (exact) mass is 301 g/mol. The van der Waals surface area contributed by atoms with Crippen LogP contribution in [-0.2, 0) is 14.3 Å². The number of aliphatic hydroxyl groups excluding tert-OH is 1. The molecule has 1 rings (SSSR count). The molecule has 0 aliphatic heterocycles. The molecule has 0 radical (unpaired) electrons. The van der Waals surface area contributed by atoms with Crippen LogP contribution in [-0.4, -0.2) is 49.1 Å². The minimum atomic E-state index is -0.448. The van der Waals surface area contributed by atoms with Crippen molar-refractivity contribution in [3.63, 3.8) is 0 Å². The summed E-state index contributed by atoms with van der Waals surface area (Å²) in [5, 5.41) is 13.0. The molecule has 124 valence electrons. The number of esters is 1. The molecule has 0 aromatic carbocycles. The van der Waals surface area contributed by atoms with Gasteiger partial charge in [-0.1, -0.05) is 20.8 Å². The van der Waals surface area contributed by atoms with E-state index in [1.54, 1.807) is 0 Å². The number of hydrogen-bond donors (Lipinski definition) is 2. The van der Waals surface area contributed by atoms with Gasteiger partial charge < -0.3 is 19.9 Å². The van der Waals surface area contributed by atoms with Crippen LogP contribution in [0.15, 0.2) is 0 Å². The maximum atomic E-state index is 11.1. The van der Waals surface area contributed by atoms with E-state index in [0.29, 0.717) is 38.1 Å². The highest BCUT2D eigenvalue weighted by molar-refractivity contribution is 5.68. The van der Waals surface area contributed by atoms with E-state index >= 15 is 0 Å². The zero-order valence-electron chi connectivity index (χ0n) is 13.6. The first kappa shape index (κ1) is 18.4. The second kappa shape index (κ2) is 10.1. The van der Waals surface area contributed by atoms with E-state index in [2.05, 4.69) is 19.2 Å². The van der Waals surface area contributed by atoms with Gasteiger partial charge in [0.25, 0.3) is 0 Å². The third kappa shape index (κ3) is 8.39. The minimum Gasteiger partial charge on any atom is -0.465 e. The van der Waals surface area contributed by atoms with Crippen LogP contribution in [0.3, 0.4) is 0 Å². The molecule has 1 unspecified atom stereocenters. The number of hydrogen-bond acceptors (Lipinski definition) is 5. The van der Waals surface area contributed by atoms with E-state index < -0.39 is 6.10 Å². The predicted molar refractivity (Wildman–Crippen MR) is 82.1 cm³/mol. The molecule has 0 amide bonds. The van der Waals surface area contributed by atoms with Gasteiger partial charge in [-0.05, 0) is 31.6 Å². The van der Waals surface area contributed by atoms with Gasteiger partial charge in [0, 0.05) is 19.0 Å². The highest BCUT2D eigenvalue weighted by Gasteiger charge is 2.23. The molecular formula is C16H31NO4. The highest BCUT2D eigenvalue weighted by atomic mass is 16.5. The van der Waals surface area contributed by atoms with Gasteiger partial charge in [-0.2, -0.15) is 0 Å². The molecule has 5 heteroatoms. The lowest BCUT2D eigenvalue weighted by Crippen LogP contribution is -2.36. The van der Waals surface area contributed by atoms with Crippen LogP contribution in [0.1, 0.15) is 52.9 Å². The van der Waals surface area contributed by atoms with E-state index in [9.17, 15) is 9.90 Å². The topological polar surface area (TPSA) is 67.8 Å². The van der Waals surface area contributed by atoms with Crippen molar-refractivity contribution in [3.8, 4) is 0 Å². The van der Waals surface area contributed by atoms with E-state index in [1.807, 2.05) is 6.92 Å². The molecule has 0 spiro atoms. The maximum absolute atomic E-state index is 11.1. The van der Waals surface area contributed by atoms with Gasteiger partial charge >= 0.3 is 5.97 Å². The summed E-state index contributed by atoms with van der Waals surface area (Å²) in [7, 11) is 0. The number of aliphatic hydroxyl groups is 1. The Bertz CT molecular complexity index is 288. The number of ether oxygens (including phenoxy) is 2. The van der Waals surface area contributed by atoms with Crippen LogP contribution in [0.5, 0.6) is 0 Å². The predicted octanol–water partition coefficient (Wildman–Crippen LogP) is 1.87. The highest BCUT2D eigenvalue weighted by Crippen LogP contribution is 2.26. The first-order valence-corrected chi connectivity index (χ1v) is 8.19. The minimum absolute atomic E-state index is 0.117. The fraction of sp³-hybridized carbons (Fsp3) is 0.938. The zero-order chi connectivity index (χ0) is 15.7. The number of carbonyl (C=O) groups is 1. The molecule has 0 bridgehead atoms. The second-order valence-electron chi connectivity index (χ2n) is 6.23. The second-order valence-corrected chi connectivity index (χ2v) is 6.23. The van der Waals surface area contributed by atoms with Crippen molar-refractivity contribution in [2.45, 2.75) is 71.1 Å². The van der Waals surface area contributed by atoms with Gasteiger partial charge in [-0.25, -0.2) is 0 Å². The SMILES string of the molecule is CCC(=O)OCC1CCC(OCC(O)CNC(C)C)CC1. The smallest absolute Gasteiger partial charge is 0.305 e. The zero-order valence-corrected chi connectivity index (χ0v) is 13.6. The summed E-state index contributed by atoms with van der Waals surface area (Å²) in [6.45, 7) is 7.42. The van der Waals surface area contributed by atoms with Crippen LogP contribution in [0.25, 0.3) is 0 Å². The van der Waals surface area contributed by atoms with E-state index in [-0.39, 0.29) is 12.1 Å². The van der Waals surface area contributed by atoms with Gasteiger partial charge in [-0.3, -0.25) is 4.79 Å². The first-order chi connectivity index (χ1) is 10.0. The number of carbonyl (C=O) groups excluding carboxylic acids is 1. The van der Waals surface area contributed by atoms with Crippen molar-refractivity contribution in [1.29, 1.82) is 0 Å². The fourth-order valence-corrected chi connectivity index (χ4v) is 2.46. The van der Waals surface area contributed by atoms with E-state index in [4.69, 9.17) is 9.47 Å². The number of rotatable bonds is 9. The van der Waals surface area contributed by atoms with Gasteiger partial charge in [-0.15, -0.1) is 0 Å². The molecule has 0 heterocycles. The summed E-state index contributed by atoms with van der Waals surface area (Å²) in [6, 6.07) is 0.376. The van der Waals surface area contributed by atoms with Gasteiger partial charge in [0.1, 0.15) is 0 Å². The molecule has 5 nitrogen and oxygen atoms in total. The van der Waals surface area contributed by atoms with Gasteiger partial charge in [0.15, 0.2) is 0 Å². The largest absolute Gasteiger partial charge is 0.465 e. The third-order valence-corrected chi connectivity index (χ3v) is 3.85. The standard InChI is InChI=1S/C16H31NO4/c1-4-16(19)21-10-13-5-7-15(8-6-13)20-11-14(18)9-17-12(2)3/h12-15,17-18H,4-11H2,1-3H3. The first-order valence-electron chi connectivity index (χ1n) is 8.19. The summed E-state index contributed by atoms with van der Waals surface area (Å²) in [5.41, 5.74) is 0. The Morgan fingerprint density at radius 2 is 1.95 bits per heavy atom. The van der Waals surface area contributed by atoms with Gasteiger partial charge in [0.05, 0.1) is 25.4 Å². The van der Waals surface area contributed by atoms with Crippen LogP contribution < -0.4 is 5.32 Å². The van der Waals surface area contributed by atoms with Crippen molar-refractivity contribution < 1.29 is 19.4 Å². The lowest BCUT2D eigenvalue weighted by molar-refractivity contribution is -0.145. The summed E-state index contributed by atoms with van der Waals surface area (Å²) in [4.78, 5) is 11.1. The average molecular weight is 301 g/mol. The molecule has 1 aliphatic carbocycles. The lowest BCUT2D eigenvalue weighted by Gasteiger charge is -2.29. The molecule has 0 aromatic heterocycles. The Morgan fingerprint density at radius 3 is 2.52 bits per heavy atom. The Balaban J connectivity index is 2.08. The molecule has 1 saturated carbocycles. The molecule has 1 fully saturated rings. The molecule has 2 N–H and O–H groups in total. The molecule has 0 aromatic rings. The van der Waals surface area contributed by atoms with Crippen molar-refractivity contribution in [1.82, 2.24) is 5.32 Å². The van der Waals surface area contributed by atoms with Crippen molar-refractivity contribution in [2.75, 3.05) is 19.8 Å². The normalized spacial score (nSPS) is 24.0. The summed E-state index contributed by atoms with van der Waals surface area (Å²) in [5.74, 6) is 0.349. The lowest BCUT2D eigenvalue weighted by atomic mass is 9.88. The molecule has 0 saturated heterocycles. The molecule has 1 aliphatic rings. The van der Waals surface area contributed by atoms with Crippen molar-refractivity contribution in [2.24, 2.45) is 5.92 Å². The summed E-state index contributed by atoms with van der Waals surface area (Å²) < 4.78 is 11.0. The van der Waals surface area contributed by atoms with Crippen molar-refractivity contribution in [3.05, 3.63) is 0 Å². The molecule has 1 atom stereocenters. The van der Waals surface area contributed by atoms with Crippen LogP contribution in [0, 0.1) is 5.92 Å². The molecular weight excluding hydrogens is 270 g/mol. The van der Waals surface area contributed by atoms with E-state index in [0.717, 1.165) is 25.7 Å². The fourth-order valence-electron chi connectivity index (χ4n) is 2.46. The Kier molecular flexibility index (Phi) is 8.88. The molecule has 21 heavy (non-hydrogen) atoms. The van der Waals surface area contributed by atoms with Crippen LogP contribution in [0.4, 0.5) is 0 Å². The van der Waals surface area contributed by atoms with Crippen LogP contribution >= 0.6 is 0 Å². The average Bonchev–Trinajstić information content (AvgIpc) is 2.49. The van der Waals surface area contributed by atoms with Crippen molar-refractivity contribution >= 4 is 5.97 Å². The third-order valence-electron chi connectivity index (χ3n) is 3.85. The summed E-state index contributed by atoms with van der Waals surface area (Å²) in [6.07, 6.45) is 4.26. The summed E-state index contributed by atoms with van der Waals surface area (Å²) >= 11 is 0. The quantitative estimate of drug-likeness (QED) is 0.636. The number of nitrogens with one attached hydrogen (secondary N) is 1. The maximum Gasteiger partial charge on any atom is 0.305 e. The van der Waals surface area contributed by atoms with Gasteiger partial charge in [0.2, 0.25) is 0 Å². The van der Waals surface area contributed by atoms with Crippen LogP contribution in [0.2, 0.25) is 0 Å². The Morgan fingerprint density at radius 1 is 1.29 bits per heavy atom. The Hall–Kier alpha value is -0.650. The van der Waals surface area contributed by atoms with E-state index in [1.165, 1.54) is 0 Å².